The van der Waals surface area contributed by atoms with Crippen LogP contribution in [0, 0.1) is 11.7 Å². The van der Waals surface area contributed by atoms with Gasteiger partial charge in [0.2, 0.25) is 0 Å². The first kappa shape index (κ1) is 12.9. The molecule has 1 aromatic carbocycles. The Kier molecular flexibility index (Phi) is 3.71. The van der Waals surface area contributed by atoms with Crippen molar-refractivity contribution in [2.24, 2.45) is 5.92 Å². The SMILES string of the molecule is Fc1ccc2c(c1)nc(CCl)n2CCC1CCOC1. The quantitative estimate of drug-likeness (QED) is 0.804. The highest BCUT2D eigenvalue weighted by Gasteiger charge is 2.17. The van der Waals surface area contributed by atoms with Crippen LogP contribution in [0.2, 0.25) is 0 Å². The normalized spacial score (nSPS) is 19.4. The Labute approximate surface area is 116 Å². The zero-order valence-corrected chi connectivity index (χ0v) is 11.4. The lowest BCUT2D eigenvalue weighted by atomic mass is 10.1. The number of halogens is 2. The number of aromatic nitrogens is 2. The van der Waals surface area contributed by atoms with E-state index in [2.05, 4.69) is 9.55 Å². The molecule has 0 radical (unpaired) electrons. The zero-order valence-electron chi connectivity index (χ0n) is 10.6. The lowest BCUT2D eigenvalue weighted by Crippen LogP contribution is -2.08. The predicted molar refractivity (Wildman–Crippen MR) is 72.8 cm³/mol. The van der Waals surface area contributed by atoms with Crippen LogP contribution in [0.15, 0.2) is 18.2 Å². The molecule has 2 aromatic rings. The van der Waals surface area contributed by atoms with Gasteiger partial charge in [0, 0.05) is 25.8 Å². The summed E-state index contributed by atoms with van der Waals surface area (Å²) < 4.78 is 20.7. The van der Waals surface area contributed by atoms with E-state index >= 15 is 0 Å². The summed E-state index contributed by atoms with van der Waals surface area (Å²) in [5, 5.41) is 0. The summed E-state index contributed by atoms with van der Waals surface area (Å²) in [6, 6.07) is 4.70. The standard InChI is InChI=1S/C14H16ClFN2O/c15-8-14-17-12-7-11(16)1-2-13(12)18(14)5-3-10-4-6-19-9-10/h1-2,7,10H,3-6,8-9H2. The number of fused-ring (bicyclic) bond motifs is 1. The van der Waals surface area contributed by atoms with Crippen LogP contribution in [0.25, 0.3) is 11.0 Å². The molecular weight excluding hydrogens is 267 g/mol. The van der Waals surface area contributed by atoms with Gasteiger partial charge in [-0.15, -0.1) is 11.6 Å². The molecule has 1 aromatic heterocycles. The van der Waals surface area contributed by atoms with Crippen molar-refractivity contribution in [3.05, 3.63) is 29.8 Å². The summed E-state index contributed by atoms with van der Waals surface area (Å²) in [6.07, 6.45) is 2.17. The minimum Gasteiger partial charge on any atom is -0.381 e. The molecule has 1 aliphatic rings. The second-order valence-corrected chi connectivity index (χ2v) is 5.23. The van der Waals surface area contributed by atoms with Gasteiger partial charge in [0.1, 0.15) is 11.6 Å². The highest BCUT2D eigenvalue weighted by atomic mass is 35.5. The molecule has 3 nitrogen and oxygen atoms in total. The van der Waals surface area contributed by atoms with Crippen LogP contribution in [0.3, 0.4) is 0 Å². The van der Waals surface area contributed by atoms with Crippen molar-refractivity contribution in [1.82, 2.24) is 9.55 Å². The van der Waals surface area contributed by atoms with Crippen molar-refractivity contribution in [1.29, 1.82) is 0 Å². The Hall–Kier alpha value is -1.13. The molecule has 0 aliphatic carbocycles. The van der Waals surface area contributed by atoms with Gasteiger partial charge in [-0.05, 0) is 30.9 Å². The second-order valence-electron chi connectivity index (χ2n) is 4.96. The molecule has 1 fully saturated rings. The molecule has 0 bridgehead atoms. The van der Waals surface area contributed by atoms with Gasteiger partial charge >= 0.3 is 0 Å². The number of hydrogen-bond donors (Lipinski definition) is 0. The lowest BCUT2D eigenvalue weighted by molar-refractivity contribution is 0.183. The number of nitrogens with zero attached hydrogens (tertiary/aromatic N) is 2. The topological polar surface area (TPSA) is 27.1 Å². The van der Waals surface area contributed by atoms with E-state index in [1.165, 1.54) is 12.1 Å². The third kappa shape index (κ3) is 2.60. The molecule has 0 spiro atoms. The molecule has 19 heavy (non-hydrogen) atoms. The van der Waals surface area contributed by atoms with Crippen molar-refractivity contribution in [3.8, 4) is 0 Å². The molecule has 0 amide bonds. The van der Waals surface area contributed by atoms with E-state index in [1.807, 2.05) is 0 Å². The smallest absolute Gasteiger partial charge is 0.125 e. The van der Waals surface area contributed by atoms with E-state index in [-0.39, 0.29) is 5.82 Å². The van der Waals surface area contributed by atoms with Crippen LogP contribution < -0.4 is 0 Å². The Morgan fingerprint density at radius 3 is 3.11 bits per heavy atom. The number of rotatable bonds is 4. The van der Waals surface area contributed by atoms with Crippen LogP contribution in [0.1, 0.15) is 18.7 Å². The van der Waals surface area contributed by atoms with Gasteiger partial charge in [-0.2, -0.15) is 0 Å². The average molecular weight is 283 g/mol. The molecule has 0 N–H and O–H groups in total. The fourth-order valence-electron chi connectivity index (χ4n) is 2.63. The maximum absolute atomic E-state index is 13.2. The van der Waals surface area contributed by atoms with E-state index in [0.29, 0.717) is 17.3 Å². The Bertz CT molecular complexity index is 578. The summed E-state index contributed by atoms with van der Waals surface area (Å²) in [5.41, 5.74) is 1.63. The van der Waals surface area contributed by atoms with Crippen molar-refractivity contribution < 1.29 is 9.13 Å². The summed E-state index contributed by atoms with van der Waals surface area (Å²) in [5.74, 6) is 1.50. The van der Waals surface area contributed by atoms with Crippen molar-refractivity contribution in [2.45, 2.75) is 25.3 Å². The largest absolute Gasteiger partial charge is 0.381 e. The monoisotopic (exact) mass is 282 g/mol. The first-order valence-corrected chi connectivity index (χ1v) is 7.10. The Balaban J connectivity index is 1.87. The molecule has 102 valence electrons. The van der Waals surface area contributed by atoms with E-state index in [9.17, 15) is 4.39 Å². The molecular formula is C14H16ClFN2O. The highest BCUT2D eigenvalue weighted by molar-refractivity contribution is 6.16. The summed E-state index contributed by atoms with van der Waals surface area (Å²) in [4.78, 5) is 4.40. The van der Waals surface area contributed by atoms with Gasteiger partial charge in [-0.3, -0.25) is 0 Å². The lowest BCUT2D eigenvalue weighted by Gasteiger charge is -2.11. The molecule has 1 atom stereocenters. The number of alkyl halides is 1. The van der Waals surface area contributed by atoms with Crippen molar-refractivity contribution >= 4 is 22.6 Å². The predicted octanol–water partition coefficient (Wildman–Crippen LogP) is 3.34. The molecule has 1 aliphatic heterocycles. The van der Waals surface area contributed by atoms with E-state index in [1.54, 1.807) is 6.07 Å². The summed E-state index contributed by atoms with van der Waals surface area (Å²) in [7, 11) is 0. The van der Waals surface area contributed by atoms with Crippen LogP contribution in [-0.4, -0.2) is 22.8 Å². The van der Waals surface area contributed by atoms with E-state index < -0.39 is 0 Å². The molecule has 3 rings (SSSR count). The van der Waals surface area contributed by atoms with Crippen LogP contribution in [0.5, 0.6) is 0 Å². The van der Waals surface area contributed by atoms with Gasteiger partial charge in [-0.25, -0.2) is 9.37 Å². The van der Waals surface area contributed by atoms with Gasteiger partial charge in [0.15, 0.2) is 0 Å². The second kappa shape index (κ2) is 5.47. The van der Waals surface area contributed by atoms with Crippen molar-refractivity contribution in [2.75, 3.05) is 13.2 Å². The zero-order chi connectivity index (χ0) is 13.2. The number of hydrogen-bond acceptors (Lipinski definition) is 2. The molecule has 1 saturated heterocycles. The first-order chi connectivity index (χ1) is 9.28. The fraction of sp³-hybridized carbons (Fsp3) is 0.500. The van der Waals surface area contributed by atoms with Gasteiger partial charge in [0.05, 0.1) is 16.9 Å². The maximum atomic E-state index is 13.2. The summed E-state index contributed by atoms with van der Waals surface area (Å²) in [6.45, 7) is 2.57. The maximum Gasteiger partial charge on any atom is 0.125 e. The molecule has 0 saturated carbocycles. The number of imidazole rings is 1. The molecule has 2 heterocycles. The van der Waals surface area contributed by atoms with Crippen LogP contribution >= 0.6 is 11.6 Å². The van der Waals surface area contributed by atoms with E-state index in [4.69, 9.17) is 16.3 Å². The van der Waals surface area contributed by atoms with Crippen molar-refractivity contribution in [3.63, 3.8) is 0 Å². The van der Waals surface area contributed by atoms with E-state index in [0.717, 1.165) is 43.9 Å². The Morgan fingerprint density at radius 1 is 1.47 bits per heavy atom. The third-order valence-electron chi connectivity index (χ3n) is 3.69. The van der Waals surface area contributed by atoms with Gasteiger partial charge in [-0.1, -0.05) is 0 Å². The van der Waals surface area contributed by atoms with Crippen LogP contribution in [0.4, 0.5) is 4.39 Å². The molecule has 1 unspecified atom stereocenters. The number of ether oxygens (including phenoxy) is 1. The Morgan fingerprint density at radius 2 is 2.37 bits per heavy atom. The highest BCUT2D eigenvalue weighted by Crippen LogP contribution is 2.22. The number of benzene rings is 1. The molecule has 5 heteroatoms. The van der Waals surface area contributed by atoms with Gasteiger partial charge < -0.3 is 9.30 Å². The minimum absolute atomic E-state index is 0.262. The summed E-state index contributed by atoms with van der Waals surface area (Å²) >= 11 is 5.94. The average Bonchev–Trinajstić information content (AvgIpc) is 3.02. The third-order valence-corrected chi connectivity index (χ3v) is 3.93. The fourth-order valence-corrected chi connectivity index (χ4v) is 2.83. The minimum atomic E-state index is -0.262. The van der Waals surface area contributed by atoms with Gasteiger partial charge in [0.25, 0.3) is 0 Å². The van der Waals surface area contributed by atoms with Crippen LogP contribution in [-0.2, 0) is 17.2 Å². The number of aryl methyl sites for hydroxylation is 1. The first-order valence-electron chi connectivity index (χ1n) is 6.56.